The second kappa shape index (κ2) is 3.62. The molecule has 0 saturated carbocycles. The Balaban J connectivity index is 2.25. The molecule has 1 heterocycles. The van der Waals surface area contributed by atoms with Gasteiger partial charge in [0.25, 0.3) is 0 Å². The zero-order valence-corrected chi connectivity index (χ0v) is 7.46. The van der Waals surface area contributed by atoms with Crippen LogP contribution < -0.4 is 5.32 Å². The van der Waals surface area contributed by atoms with Gasteiger partial charge in [0.05, 0.1) is 6.61 Å². The molecule has 1 aromatic carbocycles. The summed E-state index contributed by atoms with van der Waals surface area (Å²) in [6, 6.07) is 6.32. The Kier molecular flexibility index (Phi) is 2.32. The molecule has 0 bridgehead atoms. The number of aliphatic hydroxyl groups is 1. The average Bonchev–Trinajstić information content (AvgIpc) is 2.61. The highest BCUT2D eigenvalue weighted by atomic mass is 16.2. The summed E-state index contributed by atoms with van der Waals surface area (Å²) in [6.45, 7) is 1.15. The second-order valence-corrected chi connectivity index (χ2v) is 3.18. The lowest BCUT2D eigenvalue weighted by Crippen LogP contribution is -1.90. The van der Waals surface area contributed by atoms with E-state index in [1.165, 1.54) is 11.3 Å². The number of nitrogens with one attached hydrogen (secondary N) is 1. The molecule has 0 amide bonds. The molecule has 0 radical (unpaired) electrons. The van der Waals surface area contributed by atoms with E-state index in [4.69, 9.17) is 5.11 Å². The Morgan fingerprint density at radius 2 is 2.38 bits per heavy atom. The summed E-state index contributed by atoms with van der Waals surface area (Å²) in [7, 11) is 0. The Bertz CT molecular complexity index is 331. The van der Waals surface area contributed by atoms with Gasteiger partial charge in [-0.3, -0.25) is 0 Å². The summed E-state index contributed by atoms with van der Waals surface area (Å²) < 4.78 is 0. The summed E-state index contributed by atoms with van der Waals surface area (Å²) in [6.07, 6.45) is 4.80. The molecule has 0 atom stereocenters. The van der Waals surface area contributed by atoms with Gasteiger partial charge in [-0.15, -0.1) is 0 Å². The van der Waals surface area contributed by atoms with Gasteiger partial charge in [-0.25, -0.2) is 0 Å². The van der Waals surface area contributed by atoms with Crippen molar-refractivity contribution in [2.75, 3.05) is 18.5 Å². The quantitative estimate of drug-likeness (QED) is 0.716. The third-order valence-corrected chi connectivity index (χ3v) is 2.25. The maximum atomic E-state index is 8.62. The van der Waals surface area contributed by atoms with Crippen molar-refractivity contribution in [1.29, 1.82) is 0 Å². The fourth-order valence-electron chi connectivity index (χ4n) is 1.62. The minimum absolute atomic E-state index is 0.106. The second-order valence-electron chi connectivity index (χ2n) is 3.18. The Hall–Kier alpha value is -1.28. The first-order valence-electron chi connectivity index (χ1n) is 4.54. The van der Waals surface area contributed by atoms with Gasteiger partial charge in [-0.05, 0) is 29.7 Å². The molecule has 0 saturated heterocycles. The zero-order valence-electron chi connectivity index (χ0n) is 7.46. The predicted octanol–water partition coefficient (Wildman–Crippen LogP) is 1.66. The normalized spacial score (nSPS) is 14.5. The monoisotopic (exact) mass is 175 g/mol. The number of hydrogen-bond donors (Lipinski definition) is 2. The molecule has 2 heteroatoms. The third kappa shape index (κ3) is 1.73. The fraction of sp³-hybridized carbons (Fsp3) is 0.273. The molecular weight excluding hydrogens is 162 g/mol. The smallest absolute Gasteiger partial charge is 0.0615 e. The fourth-order valence-corrected chi connectivity index (χ4v) is 1.62. The molecule has 1 aliphatic heterocycles. The van der Waals surface area contributed by atoms with E-state index in [0.29, 0.717) is 0 Å². The number of rotatable bonds is 2. The summed E-state index contributed by atoms with van der Waals surface area (Å²) >= 11 is 0. The van der Waals surface area contributed by atoms with Crippen LogP contribution in [0.25, 0.3) is 6.08 Å². The molecule has 1 aromatic rings. The molecular formula is C11H13NO. The lowest BCUT2D eigenvalue weighted by molar-refractivity contribution is 0.343. The standard InChI is InChI=1S/C11H13NO/c13-7-1-2-9-3-4-11-10(8-9)5-6-12-11/h1-4,8,12-13H,5-7H2. The molecule has 0 spiro atoms. The minimum Gasteiger partial charge on any atom is -0.392 e. The molecule has 0 aliphatic carbocycles. The van der Waals surface area contributed by atoms with Gasteiger partial charge in [-0.2, -0.15) is 0 Å². The van der Waals surface area contributed by atoms with Crippen LogP contribution in [0.2, 0.25) is 0 Å². The first kappa shape index (κ1) is 8.32. The van der Waals surface area contributed by atoms with Gasteiger partial charge < -0.3 is 10.4 Å². The van der Waals surface area contributed by atoms with Crippen molar-refractivity contribution in [1.82, 2.24) is 0 Å². The number of benzene rings is 1. The summed E-state index contributed by atoms with van der Waals surface area (Å²) in [5, 5.41) is 11.9. The molecule has 0 unspecified atom stereocenters. The molecule has 2 N–H and O–H groups in total. The van der Waals surface area contributed by atoms with Crippen LogP contribution in [0.3, 0.4) is 0 Å². The van der Waals surface area contributed by atoms with E-state index in [9.17, 15) is 0 Å². The highest BCUT2D eigenvalue weighted by Crippen LogP contribution is 2.23. The Morgan fingerprint density at radius 1 is 1.46 bits per heavy atom. The van der Waals surface area contributed by atoms with Gasteiger partial charge in [0, 0.05) is 12.2 Å². The predicted molar refractivity (Wildman–Crippen MR) is 54.8 cm³/mol. The van der Waals surface area contributed by atoms with Gasteiger partial charge >= 0.3 is 0 Å². The highest BCUT2D eigenvalue weighted by Gasteiger charge is 2.08. The maximum absolute atomic E-state index is 8.62. The summed E-state index contributed by atoms with van der Waals surface area (Å²) in [5.74, 6) is 0. The van der Waals surface area contributed by atoms with Crippen molar-refractivity contribution in [2.24, 2.45) is 0 Å². The van der Waals surface area contributed by atoms with E-state index in [-0.39, 0.29) is 6.61 Å². The van der Waals surface area contributed by atoms with Crippen LogP contribution in [0.5, 0.6) is 0 Å². The molecule has 0 fully saturated rings. The van der Waals surface area contributed by atoms with Crippen molar-refractivity contribution in [2.45, 2.75) is 6.42 Å². The third-order valence-electron chi connectivity index (χ3n) is 2.25. The zero-order chi connectivity index (χ0) is 9.10. The largest absolute Gasteiger partial charge is 0.392 e. The van der Waals surface area contributed by atoms with Gasteiger partial charge in [-0.1, -0.05) is 18.2 Å². The van der Waals surface area contributed by atoms with E-state index in [2.05, 4.69) is 23.5 Å². The topological polar surface area (TPSA) is 32.3 Å². The number of hydrogen-bond acceptors (Lipinski definition) is 2. The lowest BCUT2D eigenvalue weighted by Gasteiger charge is -2.00. The van der Waals surface area contributed by atoms with Crippen LogP contribution in [0.15, 0.2) is 24.3 Å². The first-order valence-corrected chi connectivity index (χ1v) is 4.54. The van der Waals surface area contributed by atoms with Crippen LogP contribution in [0, 0.1) is 0 Å². The first-order chi connectivity index (χ1) is 6.40. The van der Waals surface area contributed by atoms with E-state index < -0.39 is 0 Å². The number of anilines is 1. The van der Waals surface area contributed by atoms with Crippen LogP contribution in [-0.2, 0) is 6.42 Å². The van der Waals surface area contributed by atoms with Crippen LogP contribution in [-0.4, -0.2) is 18.3 Å². The van der Waals surface area contributed by atoms with Crippen molar-refractivity contribution < 1.29 is 5.11 Å². The lowest BCUT2D eigenvalue weighted by atomic mass is 10.1. The van der Waals surface area contributed by atoms with Crippen LogP contribution >= 0.6 is 0 Å². The molecule has 2 nitrogen and oxygen atoms in total. The molecule has 1 aliphatic rings. The van der Waals surface area contributed by atoms with E-state index in [0.717, 1.165) is 18.5 Å². The van der Waals surface area contributed by atoms with Crippen LogP contribution in [0.4, 0.5) is 5.69 Å². The minimum atomic E-state index is 0.106. The van der Waals surface area contributed by atoms with Crippen molar-refractivity contribution in [3.8, 4) is 0 Å². The maximum Gasteiger partial charge on any atom is 0.0615 e. The average molecular weight is 175 g/mol. The highest BCUT2D eigenvalue weighted by molar-refractivity contribution is 5.62. The molecule has 0 aromatic heterocycles. The summed E-state index contributed by atoms with van der Waals surface area (Å²) in [5.41, 5.74) is 3.79. The van der Waals surface area contributed by atoms with Gasteiger partial charge in [0.1, 0.15) is 0 Å². The van der Waals surface area contributed by atoms with E-state index in [1.54, 1.807) is 6.08 Å². The van der Waals surface area contributed by atoms with Crippen molar-refractivity contribution in [3.05, 3.63) is 35.4 Å². The molecule has 13 heavy (non-hydrogen) atoms. The van der Waals surface area contributed by atoms with Gasteiger partial charge in [0.2, 0.25) is 0 Å². The van der Waals surface area contributed by atoms with Gasteiger partial charge in [0.15, 0.2) is 0 Å². The summed E-state index contributed by atoms with van der Waals surface area (Å²) in [4.78, 5) is 0. The Labute approximate surface area is 77.9 Å². The number of aliphatic hydroxyl groups excluding tert-OH is 1. The molecule has 2 rings (SSSR count). The Morgan fingerprint density at radius 3 is 3.23 bits per heavy atom. The van der Waals surface area contributed by atoms with Crippen molar-refractivity contribution >= 4 is 11.8 Å². The van der Waals surface area contributed by atoms with Crippen LogP contribution in [0.1, 0.15) is 11.1 Å². The SMILES string of the molecule is OCC=Cc1ccc2c(c1)CCN2. The number of fused-ring (bicyclic) bond motifs is 1. The van der Waals surface area contributed by atoms with E-state index >= 15 is 0 Å². The van der Waals surface area contributed by atoms with Crippen molar-refractivity contribution in [3.63, 3.8) is 0 Å². The van der Waals surface area contributed by atoms with E-state index in [1.807, 2.05) is 6.08 Å². The molecule has 68 valence electrons.